The second-order valence-electron chi connectivity index (χ2n) is 10.0. The van der Waals surface area contributed by atoms with Crippen molar-refractivity contribution in [3.05, 3.63) is 76.2 Å². The van der Waals surface area contributed by atoms with Crippen LogP contribution in [0.1, 0.15) is 106 Å². The minimum Gasteiger partial charge on any atom is -0.494 e. The standard InChI is InChI=1S/C32H44N2O2S/c1-3-4-5-6-7-8-9-10-11-12-13-16-22-36-30-20-17-19-29(23-30)33-32(35)31-21-15-14-18-28(31)24-34-26-37-25-27(34)2/h14-15,17-21,23,25-26H,3-13,16,22,24H2,1-2H3/p+1. The lowest BCUT2D eigenvalue weighted by atomic mass is 10.1. The van der Waals surface area contributed by atoms with E-state index in [-0.39, 0.29) is 5.91 Å². The quantitative estimate of drug-likeness (QED) is 0.134. The van der Waals surface area contributed by atoms with Gasteiger partial charge in [-0.25, -0.2) is 0 Å². The third-order valence-electron chi connectivity index (χ3n) is 6.84. The summed E-state index contributed by atoms with van der Waals surface area (Å²) < 4.78 is 8.15. The predicted molar refractivity (Wildman–Crippen MR) is 156 cm³/mol. The molecule has 0 fully saturated rings. The number of carbonyl (C=O) groups excluding carboxylic acids is 1. The van der Waals surface area contributed by atoms with Crippen molar-refractivity contribution in [2.75, 3.05) is 11.9 Å². The number of anilines is 1. The Morgan fingerprint density at radius 2 is 1.54 bits per heavy atom. The monoisotopic (exact) mass is 521 g/mol. The fraction of sp³-hybridized carbons (Fsp3) is 0.500. The number of nitrogens with zero attached hydrogens (tertiary/aromatic N) is 1. The Kier molecular flexibility index (Phi) is 13.3. The van der Waals surface area contributed by atoms with Crippen molar-refractivity contribution in [2.24, 2.45) is 0 Å². The molecular weight excluding hydrogens is 476 g/mol. The highest BCUT2D eigenvalue weighted by atomic mass is 32.1. The van der Waals surface area contributed by atoms with Crippen LogP contribution in [0.15, 0.2) is 59.4 Å². The zero-order valence-electron chi connectivity index (χ0n) is 22.8. The van der Waals surface area contributed by atoms with Gasteiger partial charge in [-0.2, -0.15) is 4.57 Å². The second kappa shape index (κ2) is 17.0. The second-order valence-corrected chi connectivity index (χ2v) is 10.7. The third-order valence-corrected chi connectivity index (χ3v) is 7.69. The molecule has 1 amide bonds. The van der Waals surface area contributed by atoms with E-state index >= 15 is 0 Å². The summed E-state index contributed by atoms with van der Waals surface area (Å²) in [7, 11) is 0. The summed E-state index contributed by atoms with van der Waals surface area (Å²) in [6, 6.07) is 15.5. The molecule has 37 heavy (non-hydrogen) atoms. The summed E-state index contributed by atoms with van der Waals surface area (Å²) in [5.41, 5.74) is 5.74. The molecule has 5 heteroatoms. The summed E-state index contributed by atoms with van der Waals surface area (Å²) in [4.78, 5) is 13.1. The van der Waals surface area contributed by atoms with Crippen molar-refractivity contribution >= 4 is 22.9 Å². The van der Waals surface area contributed by atoms with Crippen LogP contribution in [0.3, 0.4) is 0 Å². The Morgan fingerprint density at radius 3 is 2.22 bits per heavy atom. The smallest absolute Gasteiger partial charge is 0.256 e. The number of thiazole rings is 1. The maximum atomic E-state index is 13.1. The van der Waals surface area contributed by atoms with Gasteiger partial charge in [0.1, 0.15) is 5.75 Å². The Morgan fingerprint density at radius 1 is 0.865 bits per heavy atom. The fourth-order valence-corrected chi connectivity index (χ4v) is 5.35. The van der Waals surface area contributed by atoms with E-state index in [1.165, 1.54) is 76.3 Å². The van der Waals surface area contributed by atoms with Crippen molar-refractivity contribution < 1.29 is 14.1 Å². The zero-order chi connectivity index (χ0) is 26.1. The average molecular weight is 522 g/mol. The van der Waals surface area contributed by atoms with Crippen molar-refractivity contribution in [1.82, 2.24) is 0 Å². The molecule has 0 saturated carbocycles. The van der Waals surface area contributed by atoms with E-state index in [1.54, 1.807) is 11.3 Å². The van der Waals surface area contributed by atoms with Gasteiger partial charge >= 0.3 is 0 Å². The van der Waals surface area contributed by atoms with Crippen LogP contribution in [0.25, 0.3) is 0 Å². The summed E-state index contributed by atoms with van der Waals surface area (Å²) in [5, 5.41) is 5.17. The molecule has 0 bridgehead atoms. The van der Waals surface area contributed by atoms with Crippen LogP contribution in [0.2, 0.25) is 0 Å². The van der Waals surface area contributed by atoms with Gasteiger partial charge in [-0.1, -0.05) is 113 Å². The number of amides is 1. The Labute approximate surface area is 228 Å². The number of aryl methyl sites for hydroxylation is 1. The predicted octanol–water partition coefficient (Wildman–Crippen LogP) is 8.72. The molecule has 3 rings (SSSR count). The minimum atomic E-state index is -0.0952. The Balaban J connectivity index is 1.35. The summed E-state index contributed by atoms with van der Waals surface area (Å²) >= 11 is 1.67. The van der Waals surface area contributed by atoms with Crippen molar-refractivity contribution in [2.45, 2.75) is 97.4 Å². The number of aromatic nitrogens is 1. The molecule has 0 unspecified atom stereocenters. The van der Waals surface area contributed by atoms with Gasteiger partial charge in [-0.05, 0) is 24.6 Å². The summed E-state index contributed by atoms with van der Waals surface area (Å²) in [6.07, 6.45) is 16.0. The van der Waals surface area contributed by atoms with Gasteiger partial charge in [0.15, 0.2) is 12.2 Å². The number of hydrogen-bond acceptors (Lipinski definition) is 3. The van der Waals surface area contributed by atoms with Crippen LogP contribution in [-0.2, 0) is 6.54 Å². The van der Waals surface area contributed by atoms with E-state index in [9.17, 15) is 4.79 Å². The van der Waals surface area contributed by atoms with Gasteiger partial charge in [0.2, 0.25) is 5.51 Å². The Hall–Kier alpha value is -2.66. The van der Waals surface area contributed by atoms with E-state index in [2.05, 4.69) is 34.6 Å². The molecule has 0 saturated heterocycles. The van der Waals surface area contributed by atoms with E-state index in [4.69, 9.17) is 4.74 Å². The molecule has 200 valence electrons. The van der Waals surface area contributed by atoms with Gasteiger partial charge in [-0.15, -0.1) is 0 Å². The minimum absolute atomic E-state index is 0.0952. The van der Waals surface area contributed by atoms with Gasteiger partial charge in [0.05, 0.1) is 12.0 Å². The molecule has 0 aliphatic heterocycles. The van der Waals surface area contributed by atoms with Crippen LogP contribution in [-0.4, -0.2) is 12.5 Å². The highest BCUT2D eigenvalue weighted by molar-refractivity contribution is 7.07. The first kappa shape index (κ1) is 28.9. The molecule has 0 atom stereocenters. The first-order chi connectivity index (χ1) is 18.2. The lowest BCUT2D eigenvalue weighted by Gasteiger charge is -2.11. The van der Waals surface area contributed by atoms with Crippen molar-refractivity contribution in [3.63, 3.8) is 0 Å². The molecule has 0 spiro atoms. The normalized spacial score (nSPS) is 11.0. The van der Waals surface area contributed by atoms with E-state index in [0.29, 0.717) is 12.1 Å². The molecule has 0 radical (unpaired) electrons. The molecule has 0 aliphatic rings. The lowest BCUT2D eigenvalue weighted by Crippen LogP contribution is -2.35. The zero-order valence-corrected chi connectivity index (χ0v) is 23.7. The molecule has 0 aliphatic carbocycles. The van der Waals surface area contributed by atoms with Crippen LogP contribution in [0.4, 0.5) is 5.69 Å². The van der Waals surface area contributed by atoms with Crippen molar-refractivity contribution in [1.29, 1.82) is 0 Å². The highest BCUT2D eigenvalue weighted by Crippen LogP contribution is 2.20. The Bertz CT molecular complexity index is 1060. The lowest BCUT2D eigenvalue weighted by molar-refractivity contribution is -0.689. The van der Waals surface area contributed by atoms with Gasteiger partial charge in [0.25, 0.3) is 5.91 Å². The summed E-state index contributed by atoms with van der Waals surface area (Å²) in [6.45, 7) is 5.76. The third kappa shape index (κ3) is 10.7. The fourth-order valence-electron chi connectivity index (χ4n) is 4.57. The van der Waals surface area contributed by atoms with Gasteiger partial charge in [0, 0.05) is 29.8 Å². The molecular formula is C32H45N2O2S+. The number of carbonyl (C=O) groups is 1. The van der Waals surface area contributed by atoms with Crippen molar-refractivity contribution in [3.8, 4) is 5.75 Å². The van der Waals surface area contributed by atoms with Crippen LogP contribution < -0.4 is 14.6 Å². The topological polar surface area (TPSA) is 42.2 Å². The van der Waals surface area contributed by atoms with Gasteiger partial charge < -0.3 is 10.1 Å². The maximum absolute atomic E-state index is 13.1. The number of nitrogens with one attached hydrogen (secondary N) is 1. The van der Waals surface area contributed by atoms with E-state index < -0.39 is 0 Å². The SMILES string of the molecule is CCCCCCCCCCCCCCOc1cccc(NC(=O)c2ccccc2C[n+]2cscc2C)c1. The number of hydrogen-bond donors (Lipinski definition) is 1. The number of ether oxygens (including phenoxy) is 1. The van der Waals surface area contributed by atoms with Crippen LogP contribution in [0, 0.1) is 6.92 Å². The maximum Gasteiger partial charge on any atom is 0.256 e. The first-order valence-electron chi connectivity index (χ1n) is 14.2. The highest BCUT2D eigenvalue weighted by Gasteiger charge is 2.16. The molecule has 2 aromatic carbocycles. The molecule has 3 aromatic rings. The van der Waals surface area contributed by atoms with Crippen LogP contribution >= 0.6 is 11.3 Å². The number of rotatable bonds is 18. The van der Waals surface area contributed by atoms with E-state index in [1.807, 2.05) is 48.5 Å². The number of benzene rings is 2. The van der Waals surface area contributed by atoms with Crippen LogP contribution in [0.5, 0.6) is 5.75 Å². The molecule has 1 N–H and O–H groups in total. The van der Waals surface area contributed by atoms with E-state index in [0.717, 1.165) is 30.0 Å². The van der Waals surface area contributed by atoms with Gasteiger partial charge in [-0.3, -0.25) is 4.79 Å². The molecule has 1 heterocycles. The summed E-state index contributed by atoms with van der Waals surface area (Å²) in [5.74, 6) is 0.709. The largest absolute Gasteiger partial charge is 0.494 e. The average Bonchev–Trinajstić information content (AvgIpc) is 3.31. The number of unbranched alkanes of at least 4 members (excludes halogenated alkanes) is 11. The molecule has 1 aromatic heterocycles. The molecule has 4 nitrogen and oxygen atoms in total. The first-order valence-corrected chi connectivity index (χ1v) is 15.2.